The Morgan fingerprint density at radius 3 is 2.57 bits per heavy atom. The Labute approximate surface area is 215 Å². The first-order valence-corrected chi connectivity index (χ1v) is 11.2. The fraction of sp³-hybridized carbons (Fsp3) is 0.320. The molecular weight excluding hydrogens is 515 g/mol. The molecule has 1 amide bonds. The van der Waals surface area contributed by atoms with Crippen LogP contribution in [0.4, 0.5) is 23.7 Å². The van der Waals surface area contributed by atoms with E-state index in [1.165, 1.54) is 35.2 Å². The van der Waals surface area contributed by atoms with Crippen molar-refractivity contribution >= 4 is 40.9 Å². The molecule has 1 saturated heterocycles. The second-order valence-corrected chi connectivity index (χ2v) is 8.84. The monoisotopic (exact) mass is 539 g/mol. The predicted molar refractivity (Wildman–Crippen MR) is 134 cm³/mol. The van der Waals surface area contributed by atoms with Crippen LogP contribution in [0.5, 0.6) is 0 Å². The van der Waals surface area contributed by atoms with Crippen LogP contribution in [-0.4, -0.2) is 42.3 Å². The molecule has 2 aromatic carbocycles. The third kappa shape index (κ3) is 5.89. The molecule has 3 aromatic rings. The summed E-state index contributed by atoms with van der Waals surface area (Å²) in [6, 6.07) is 10.2. The van der Waals surface area contributed by atoms with Gasteiger partial charge in [0.25, 0.3) is 5.56 Å². The number of benzene rings is 2. The van der Waals surface area contributed by atoms with Gasteiger partial charge in [0.15, 0.2) is 6.10 Å². The van der Waals surface area contributed by atoms with Crippen molar-refractivity contribution in [2.24, 2.45) is 11.7 Å². The molecule has 12 heteroatoms. The number of rotatable bonds is 6. The third-order valence-electron chi connectivity index (χ3n) is 5.94. The first-order chi connectivity index (χ1) is 17.0. The van der Waals surface area contributed by atoms with Gasteiger partial charge in [0.05, 0.1) is 12.1 Å². The van der Waals surface area contributed by atoms with E-state index >= 15 is 0 Å². The molecule has 1 aliphatic heterocycles. The number of aromatic amines is 1. The van der Waals surface area contributed by atoms with Crippen LogP contribution in [0.1, 0.15) is 19.4 Å². The number of carbonyl (C=O) groups excluding carboxylic acids is 2. The van der Waals surface area contributed by atoms with E-state index in [1.54, 1.807) is 26.0 Å². The molecule has 37 heavy (non-hydrogen) atoms. The number of nitrogens with two attached hydrogens (primary N) is 1. The highest BCUT2D eigenvalue weighted by molar-refractivity contribution is 5.95. The topological polar surface area (TPSA) is 115 Å². The van der Waals surface area contributed by atoms with E-state index in [9.17, 15) is 27.6 Å². The number of esters is 1. The fourth-order valence-corrected chi connectivity index (χ4v) is 3.89. The van der Waals surface area contributed by atoms with E-state index in [4.69, 9.17) is 15.2 Å². The largest absolute Gasteiger partial charge is 0.460 e. The molecule has 8 nitrogen and oxygen atoms in total. The summed E-state index contributed by atoms with van der Waals surface area (Å²) in [6.07, 6.45) is -6.00. The molecular formula is C25H25ClF3N3O5. The van der Waals surface area contributed by atoms with Crippen molar-refractivity contribution in [1.82, 2.24) is 4.98 Å². The minimum Gasteiger partial charge on any atom is -0.460 e. The van der Waals surface area contributed by atoms with Gasteiger partial charge in [0, 0.05) is 22.3 Å². The Morgan fingerprint density at radius 2 is 1.89 bits per heavy atom. The number of alkyl halides is 3. The lowest BCUT2D eigenvalue weighted by atomic mass is 10.0. The molecule has 0 spiro atoms. The molecule has 3 N–H and O–H groups in total. The van der Waals surface area contributed by atoms with Gasteiger partial charge in [0.2, 0.25) is 0 Å². The van der Waals surface area contributed by atoms with Gasteiger partial charge in [-0.15, -0.1) is 12.4 Å². The lowest BCUT2D eigenvalue weighted by Gasteiger charge is -2.16. The van der Waals surface area contributed by atoms with Crippen molar-refractivity contribution in [3.8, 4) is 11.3 Å². The fourth-order valence-electron chi connectivity index (χ4n) is 3.89. The zero-order valence-electron chi connectivity index (χ0n) is 19.9. The molecule has 0 bridgehead atoms. The summed E-state index contributed by atoms with van der Waals surface area (Å²) in [6.45, 7) is 3.46. The maximum absolute atomic E-state index is 13.4. The number of H-pyrrole nitrogens is 1. The Hall–Kier alpha value is -3.57. The predicted octanol–water partition coefficient (Wildman–Crippen LogP) is 4.49. The summed E-state index contributed by atoms with van der Waals surface area (Å²) < 4.78 is 50.7. The number of ether oxygens (including phenoxy) is 2. The summed E-state index contributed by atoms with van der Waals surface area (Å²) in [5.41, 5.74) is 4.51. The number of nitrogens with zero attached hydrogens (tertiary/aromatic N) is 1. The van der Waals surface area contributed by atoms with Gasteiger partial charge in [-0.2, -0.15) is 13.2 Å². The Bertz CT molecular complexity index is 1380. The average molecular weight is 540 g/mol. The normalized spacial score (nSPS) is 16.5. The van der Waals surface area contributed by atoms with Gasteiger partial charge in [0.1, 0.15) is 12.6 Å². The molecule has 198 valence electrons. The zero-order valence-corrected chi connectivity index (χ0v) is 20.7. The van der Waals surface area contributed by atoms with Crippen molar-refractivity contribution in [2.75, 3.05) is 18.1 Å². The summed E-state index contributed by atoms with van der Waals surface area (Å²) in [5.74, 6) is -0.710. The summed E-state index contributed by atoms with van der Waals surface area (Å²) >= 11 is 0. The first kappa shape index (κ1) is 28.0. The molecule has 0 radical (unpaired) electrons. The van der Waals surface area contributed by atoms with E-state index in [0.29, 0.717) is 11.1 Å². The highest BCUT2D eigenvalue weighted by Crippen LogP contribution is 2.36. The average Bonchev–Trinajstić information content (AvgIpc) is 3.21. The van der Waals surface area contributed by atoms with Crippen molar-refractivity contribution in [2.45, 2.75) is 32.2 Å². The number of nitrogens with one attached hydrogen (secondary N) is 1. The molecule has 0 saturated carbocycles. The molecule has 0 unspecified atom stereocenters. The Morgan fingerprint density at radius 1 is 1.19 bits per heavy atom. The van der Waals surface area contributed by atoms with Crippen LogP contribution in [0.3, 0.4) is 0 Å². The number of fused-ring (bicyclic) bond motifs is 1. The molecule has 0 aliphatic carbocycles. The molecule has 2 atom stereocenters. The van der Waals surface area contributed by atoms with Crippen LogP contribution < -0.4 is 16.2 Å². The lowest BCUT2D eigenvalue weighted by molar-refractivity contribution is -0.148. The van der Waals surface area contributed by atoms with Crippen LogP contribution in [0.15, 0.2) is 53.3 Å². The zero-order chi connectivity index (χ0) is 26.2. The standard InChI is InChI=1S/C25H24F3N3O5.ClH/c1-13(2)21(29)23(33)35-12-16-11-31(24(34)36-16)15-8-7-14-9-20(30-22(32)18(14)10-15)17-5-3-4-6-19(17)25(26,27)28;/h3-10,13,16,21H,11-12,29H2,1-2H3,(H,30,32);1H/t16-,21+;/m1./s1. The second kappa shape index (κ2) is 10.8. The number of carbonyl (C=O) groups is 2. The third-order valence-corrected chi connectivity index (χ3v) is 5.94. The number of pyridine rings is 1. The van der Waals surface area contributed by atoms with Gasteiger partial charge in [-0.3, -0.25) is 14.5 Å². The molecule has 1 aliphatic rings. The first-order valence-electron chi connectivity index (χ1n) is 11.2. The van der Waals surface area contributed by atoms with Gasteiger partial charge in [-0.1, -0.05) is 38.1 Å². The van der Waals surface area contributed by atoms with Gasteiger partial charge in [-0.25, -0.2) is 4.79 Å². The van der Waals surface area contributed by atoms with Crippen LogP contribution in [0.25, 0.3) is 22.0 Å². The maximum atomic E-state index is 13.4. The molecule has 1 fully saturated rings. The second-order valence-electron chi connectivity index (χ2n) is 8.84. The van der Waals surface area contributed by atoms with Gasteiger partial charge in [-0.05, 0) is 35.6 Å². The number of halogens is 4. The van der Waals surface area contributed by atoms with E-state index in [1.807, 2.05) is 0 Å². The highest BCUT2D eigenvalue weighted by atomic mass is 35.5. The summed E-state index contributed by atoms with van der Waals surface area (Å²) in [4.78, 5) is 41.0. The lowest BCUT2D eigenvalue weighted by Crippen LogP contribution is -2.38. The van der Waals surface area contributed by atoms with Gasteiger partial charge < -0.3 is 20.2 Å². The van der Waals surface area contributed by atoms with Crippen LogP contribution >= 0.6 is 12.4 Å². The number of aromatic nitrogens is 1. The number of hydrogen-bond donors (Lipinski definition) is 2. The summed E-state index contributed by atoms with van der Waals surface area (Å²) in [7, 11) is 0. The van der Waals surface area contributed by atoms with Crippen molar-refractivity contribution < 1.29 is 32.2 Å². The van der Waals surface area contributed by atoms with Crippen LogP contribution in [0, 0.1) is 5.92 Å². The summed E-state index contributed by atoms with van der Waals surface area (Å²) in [5, 5.41) is 0.585. The number of cyclic esters (lactones) is 1. The van der Waals surface area contributed by atoms with Crippen LogP contribution in [-0.2, 0) is 20.4 Å². The Kier molecular flexibility index (Phi) is 8.19. The Balaban J connectivity index is 0.00000380. The maximum Gasteiger partial charge on any atom is 0.417 e. The minimum atomic E-state index is -4.59. The number of hydrogen-bond acceptors (Lipinski definition) is 6. The van der Waals surface area contributed by atoms with E-state index < -0.39 is 41.5 Å². The molecule has 4 rings (SSSR count). The quantitative estimate of drug-likeness (QED) is 0.446. The van der Waals surface area contributed by atoms with Crippen LogP contribution in [0.2, 0.25) is 0 Å². The van der Waals surface area contributed by atoms with Gasteiger partial charge >= 0.3 is 18.2 Å². The van der Waals surface area contributed by atoms with Crippen molar-refractivity contribution in [3.63, 3.8) is 0 Å². The number of amides is 1. The minimum absolute atomic E-state index is 0. The number of anilines is 1. The van der Waals surface area contributed by atoms with Crippen molar-refractivity contribution in [1.29, 1.82) is 0 Å². The van der Waals surface area contributed by atoms with E-state index in [2.05, 4.69) is 4.98 Å². The highest BCUT2D eigenvalue weighted by Gasteiger charge is 2.35. The van der Waals surface area contributed by atoms with E-state index in [-0.39, 0.29) is 48.1 Å². The molecule has 1 aromatic heterocycles. The molecule has 2 heterocycles. The van der Waals surface area contributed by atoms with Crippen molar-refractivity contribution in [3.05, 3.63) is 64.4 Å². The van der Waals surface area contributed by atoms with E-state index in [0.717, 1.165) is 6.07 Å². The smallest absolute Gasteiger partial charge is 0.417 e. The SMILES string of the molecule is CC(C)[C@H](N)C(=O)OC[C@H]1CN(c2ccc3cc(-c4ccccc4C(F)(F)F)[nH]c(=O)c3c2)C(=O)O1.Cl.